The maximum absolute atomic E-state index is 12.3. The largest absolute Gasteiger partial charge is 0.480 e. The number of hydrogen-bond acceptors (Lipinski definition) is 3. The number of benzene rings is 1. The average Bonchev–Trinajstić information content (AvgIpc) is 3.30. The minimum atomic E-state index is -1.05. The predicted octanol–water partition coefficient (Wildman–Crippen LogP) is 2.53. The molecular formula is C16H19ClN2O4. The van der Waals surface area contributed by atoms with Crippen LogP contribution in [0.15, 0.2) is 18.2 Å². The quantitative estimate of drug-likeness (QED) is 0.742. The van der Waals surface area contributed by atoms with Crippen molar-refractivity contribution in [2.75, 3.05) is 5.32 Å². The van der Waals surface area contributed by atoms with E-state index in [1.807, 2.05) is 0 Å². The van der Waals surface area contributed by atoms with Gasteiger partial charge in [-0.1, -0.05) is 25.4 Å². The summed E-state index contributed by atoms with van der Waals surface area (Å²) in [6.45, 7) is 3.51. The number of aliphatic carboxylic acids is 1. The zero-order chi connectivity index (χ0) is 17.1. The van der Waals surface area contributed by atoms with Crippen LogP contribution in [0.2, 0.25) is 5.02 Å². The van der Waals surface area contributed by atoms with Crippen molar-refractivity contribution >= 4 is 35.1 Å². The van der Waals surface area contributed by atoms with Crippen molar-refractivity contribution in [3.63, 3.8) is 0 Å². The van der Waals surface area contributed by atoms with Gasteiger partial charge in [-0.05, 0) is 37.0 Å². The summed E-state index contributed by atoms with van der Waals surface area (Å²) in [6, 6.07) is 3.63. The molecule has 3 N–H and O–H groups in total. The van der Waals surface area contributed by atoms with Gasteiger partial charge >= 0.3 is 5.97 Å². The SMILES string of the molecule is CC(C)C(=O)Nc1ccc(Cl)c(C(=O)NC(C(=O)O)C2CC2)c1. The second-order valence-electron chi connectivity index (χ2n) is 5.97. The number of carbonyl (C=O) groups excluding carboxylic acids is 2. The third-order valence-corrected chi connectivity index (χ3v) is 3.98. The van der Waals surface area contributed by atoms with Gasteiger partial charge in [-0.2, -0.15) is 0 Å². The van der Waals surface area contributed by atoms with Crippen LogP contribution in [0.3, 0.4) is 0 Å². The second kappa shape index (κ2) is 7.00. The molecule has 1 saturated carbocycles. The fourth-order valence-electron chi connectivity index (χ4n) is 2.09. The number of carboxylic acid groups (broad SMARTS) is 1. The standard InChI is InChI=1S/C16H19ClN2O4/c1-8(2)14(20)18-10-5-6-12(17)11(7-10)15(21)19-13(16(22)23)9-3-4-9/h5-9,13H,3-4H2,1-2H3,(H,18,20)(H,19,21)(H,22,23). The molecule has 0 radical (unpaired) electrons. The number of carboxylic acids is 1. The Bertz CT molecular complexity index is 641. The molecule has 0 saturated heterocycles. The summed E-state index contributed by atoms with van der Waals surface area (Å²) in [6.07, 6.45) is 1.57. The highest BCUT2D eigenvalue weighted by Crippen LogP contribution is 2.33. The Morgan fingerprint density at radius 1 is 1.26 bits per heavy atom. The maximum atomic E-state index is 12.3. The molecule has 23 heavy (non-hydrogen) atoms. The molecule has 1 unspecified atom stereocenters. The average molecular weight is 339 g/mol. The lowest BCUT2D eigenvalue weighted by Gasteiger charge is -2.15. The van der Waals surface area contributed by atoms with Gasteiger partial charge in [0.25, 0.3) is 5.91 Å². The third-order valence-electron chi connectivity index (χ3n) is 3.65. The molecule has 7 heteroatoms. The van der Waals surface area contributed by atoms with Crippen molar-refractivity contribution in [1.29, 1.82) is 0 Å². The van der Waals surface area contributed by atoms with Crippen LogP contribution in [-0.2, 0) is 9.59 Å². The lowest BCUT2D eigenvalue weighted by atomic mass is 10.1. The molecule has 0 aromatic heterocycles. The van der Waals surface area contributed by atoms with Gasteiger partial charge in [-0.15, -0.1) is 0 Å². The summed E-state index contributed by atoms with van der Waals surface area (Å²) in [7, 11) is 0. The highest BCUT2D eigenvalue weighted by atomic mass is 35.5. The minimum Gasteiger partial charge on any atom is -0.480 e. The molecule has 1 aromatic carbocycles. The first-order valence-electron chi connectivity index (χ1n) is 7.43. The van der Waals surface area contributed by atoms with E-state index in [4.69, 9.17) is 11.6 Å². The molecule has 6 nitrogen and oxygen atoms in total. The number of anilines is 1. The molecule has 1 aliphatic carbocycles. The number of amides is 2. The first-order valence-corrected chi connectivity index (χ1v) is 7.81. The lowest BCUT2D eigenvalue weighted by molar-refractivity contribution is -0.139. The van der Waals surface area contributed by atoms with Gasteiger partial charge in [-0.25, -0.2) is 4.79 Å². The summed E-state index contributed by atoms with van der Waals surface area (Å²) in [5.41, 5.74) is 0.580. The van der Waals surface area contributed by atoms with Crippen molar-refractivity contribution in [3.05, 3.63) is 28.8 Å². The highest BCUT2D eigenvalue weighted by molar-refractivity contribution is 6.34. The van der Waals surface area contributed by atoms with E-state index < -0.39 is 17.9 Å². The summed E-state index contributed by atoms with van der Waals surface area (Å²) < 4.78 is 0. The molecule has 0 aliphatic heterocycles. The van der Waals surface area contributed by atoms with Crippen molar-refractivity contribution < 1.29 is 19.5 Å². The lowest BCUT2D eigenvalue weighted by Crippen LogP contribution is -2.42. The Balaban J connectivity index is 2.15. The Morgan fingerprint density at radius 3 is 2.43 bits per heavy atom. The highest BCUT2D eigenvalue weighted by Gasteiger charge is 2.37. The smallest absolute Gasteiger partial charge is 0.326 e. The van der Waals surface area contributed by atoms with Crippen LogP contribution in [0.1, 0.15) is 37.0 Å². The monoisotopic (exact) mass is 338 g/mol. The van der Waals surface area contributed by atoms with E-state index in [1.54, 1.807) is 19.9 Å². The van der Waals surface area contributed by atoms with Crippen LogP contribution in [-0.4, -0.2) is 28.9 Å². The molecule has 0 bridgehead atoms. The molecule has 124 valence electrons. The van der Waals surface area contributed by atoms with Crippen molar-refractivity contribution in [2.24, 2.45) is 11.8 Å². The molecule has 2 rings (SSSR count). The zero-order valence-corrected chi connectivity index (χ0v) is 13.7. The molecule has 1 aliphatic rings. The van der Waals surface area contributed by atoms with Gasteiger partial charge in [0.15, 0.2) is 0 Å². The van der Waals surface area contributed by atoms with Gasteiger partial charge in [0.1, 0.15) is 6.04 Å². The molecular weight excluding hydrogens is 320 g/mol. The first-order chi connectivity index (χ1) is 10.8. The van der Waals surface area contributed by atoms with E-state index in [1.165, 1.54) is 12.1 Å². The summed E-state index contributed by atoms with van der Waals surface area (Å²) in [5.74, 6) is -2.02. The van der Waals surface area contributed by atoms with Crippen LogP contribution < -0.4 is 10.6 Å². The topological polar surface area (TPSA) is 95.5 Å². The zero-order valence-electron chi connectivity index (χ0n) is 12.9. The minimum absolute atomic E-state index is 0.0287. The van der Waals surface area contributed by atoms with E-state index in [0.29, 0.717) is 5.69 Å². The number of nitrogens with one attached hydrogen (secondary N) is 2. The van der Waals surface area contributed by atoms with Gasteiger partial charge in [-0.3, -0.25) is 9.59 Å². The number of hydrogen-bond donors (Lipinski definition) is 3. The second-order valence-corrected chi connectivity index (χ2v) is 6.37. The van der Waals surface area contributed by atoms with Crippen LogP contribution in [0, 0.1) is 11.8 Å². The van der Waals surface area contributed by atoms with Gasteiger partial charge in [0, 0.05) is 11.6 Å². The van der Waals surface area contributed by atoms with E-state index in [-0.39, 0.29) is 28.3 Å². The third kappa shape index (κ3) is 4.45. The molecule has 0 spiro atoms. The predicted molar refractivity (Wildman–Crippen MR) is 86.5 cm³/mol. The Labute approximate surface area is 139 Å². The van der Waals surface area contributed by atoms with Gasteiger partial charge in [0.2, 0.25) is 5.91 Å². The van der Waals surface area contributed by atoms with Gasteiger partial charge in [0.05, 0.1) is 10.6 Å². The van der Waals surface area contributed by atoms with Crippen LogP contribution in [0.25, 0.3) is 0 Å². The van der Waals surface area contributed by atoms with E-state index in [2.05, 4.69) is 10.6 Å². The Hall–Kier alpha value is -2.08. The van der Waals surface area contributed by atoms with E-state index in [9.17, 15) is 19.5 Å². The Morgan fingerprint density at radius 2 is 1.91 bits per heavy atom. The van der Waals surface area contributed by atoms with E-state index >= 15 is 0 Å². The molecule has 1 atom stereocenters. The normalized spacial score (nSPS) is 15.1. The fraction of sp³-hybridized carbons (Fsp3) is 0.438. The van der Waals surface area contributed by atoms with Crippen LogP contribution >= 0.6 is 11.6 Å². The first kappa shape index (κ1) is 17.3. The fourth-order valence-corrected chi connectivity index (χ4v) is 2.30. The van der Waals surface area contributed by atoms with Crippen molar-refractivity contribution in [2.45, 2.75) is 32.7 Å². The number of rotatable bonds is 6. The van der Waals surface area contributed by atoms with Crippen molar-refractivity contribution in [3.8, 4) is 0 Å². The molecule has 0 heterocycles. The summed E-state index contributed by atoms with van der Waals surface area (Å²) in [4.78, 5) is 35.2. The molecule has 1 aromatic rings. The number of halogens is 1. The maximum Gasteiger partial charge on any atom is 0.326 e. The summed E-state index contributed by atoms with van der Waals surface area (Å²) in [5, 5.41) is 14.6. The van der Waals surface area contributed by atoms with Crippen molar-refractivity contribution in [1.82, 2.24) is 5.32 Å². The molecule has 2 amide bonds. The Kier molecular flexibility index (Phi) is 5.26. The van der Waals surface area contributed by atoms with Crippen LogP contribution in [0.4, 0.5) is 5.69 Å². The van der Waals surface area contributed by atoms with Crippen LogP contribution in [0.5, 0.6) is 0 Å². The number of carbonyl (C=O) groups is 3. The summed E-state index contributed by atoms with van der Waals surface area (Å²) >= 11 is 6.03. The van der Waals surface area contributed by atoms with Gasteiger partial charge < -0.3 is 15.7 Å². The van der Waals surface area contributed by atoms with E-state index in [0.717, 1.165) is 12.8 Å². The molecule has 1 fully saturated rings.